The van der Waals surface area contributed by atoms with Crippen LogP contribution < -0.4 is 0 Å². The van der Waals surface area contributed by atoms with Crippen LogP contribution in [0.1, 0.15) is 26.2 Å². The topological polar surface area (TPSA) is 0 Å². The summed E-state index contributed by atoms with van der Waals surface area (Å²) in [5.41, 5.74) is 0. The minimum atomic E-state index is 0. The van der Waals surface area contributed by atoms with Crippen molar-refractivity contribution in [2.45, 2.75) is 26.2 Å². The van der Waals surface area contributed by atoms with Gasteiger partial charge in [-0.1, -0.05) is 19.8 Å². The zero-order valence-electron chi connectivity index (χ0n) is 4.18. The average Bonchev–Trinajstić information content (AvgIpc) is 1.41. The standard InChI is InChI=1S/C5H11.Fe/c1-3-5-4-2;/h1,3-5H2,2H3;/q-1;. The third kappa shape index (κ3) is 8.82. The molecule has 0 aromatic heterocycles. The van der Waals surface area contributed by atoms with Crippen molar-refractivity contribution in [1.29, 1.82) is 0 Å². The Morgan fingerprint density at radius 1 is 1.50 bits per heavy atom. The Bertz CT molecular complexity index is 11.4. The number of hydrogen-bond acceptors (Lipinski definition) is 0. The first-order valence-corrected chi connectivity index (χ1v) is 2.21. The van der Waals surface area contributed by atoms with Crippen LogP contribution in [0.15, 0.2) is 0 Å². The SMILES string of the molecule is [CH2-]CCCC.[Fe]. The smallest absolute Gasteiger partial charge is 0 e. The summed E-state index contributed by atoms with van der Waals surface area (Å²) in [6, 6.07) is 0. The largest absolute Gasteiger partial charge is 0.343 e. The molecule has 0 atom stereocenters. The Labute approximate surface area is 50.8 Å². The van der Waals surface area contributed by atoms with E-state index in [9.17, 15) is 0 Å². The van der Waals surface area contributed by atoms with Gasteiger partial charge < -0.3 is 6.92 Å². The molecule has 0 saturated heterocycles. The van der Waals surface area contributed by atoms with Gasteiger partial charge in [-0.3, -0.25) is 0 Å². The van der Waals surface area contributed by atoms with Crippen LogP contribution in [0.5, 0.6) is 0 Å². The average molecular weight is 127 g/mol. The van der Waals surface area contributed by atoms with E-state index >= 15 is 0 Å². The molecule has 0 aliphatic heterocycles. The first kappa shape index (κ1) is 9.72. The van der Waals surface area contributed by atoms with E-state index in [0.29, 0.717) is 0 Å². The quantitative estimate of drug-likeness (QED) is 0.393. The number of unbranched alkanes of at least 4 members (excludes halogenated alkanes) is 2. The zero-order valence-corrected chi connectivity index (χ0v) is 5.29. The second kappa shape index (κ2) is 9.10. The van der Waals surface area contributed by atoms with Crippen molar-refractivity contribution in [2.75, 3.05) is 0 Å². The van der Waals surface area contributed by atoms with E-state index in [-0.39, 0.29) is 17.1 Å². The molecule has 0 heterocycles. The van der Waals surface area contributed by atoms with Gasteiger partial charge in [0, 0.05) is 17.1 Å². The molecule has 0 saturated carbocycles. The normalized spacial score (nSPS) is 7.00. The molecular formula is C5H11Fe-. The summed E-state index contributed by atoms with van der Waals surface area (Å²) in [7, 11) is 0. The van der Waals surface area contributed by atoms with E-state index in [1.165, 1.54) is 12.8 Å². The maximum atomic E-state index is 3.68. The number of rotatable bonds is 2. The van der Waals surface area contributed by atoms with E-state index in [1.54, 1.807) is 0 Å². The molecular weight excluding hydrogens is 116 g/mol. The van der Waals surface area contributed by atoms with E-state index in [2.05, 4.69) is 13.8 Å². The predicted octanol–water partition coefficient (Wildman–Crippen LogP) is 2.01. The van der Waals surface area contributed by atoms with Crippen molar-refractivity contribution in [3.05, 3.63) is 6.92 Å². The van der Waals surface area contributed by atoms with Crippen LogP contribution in [-0.2, 0) is 17.1 Å². The molecule has 0 spiro atoms. The van der Waals surface area contributed by atoms with Gasteiger partial charge in [-0.25, -0.2) is 0 Å². The molecule has 0 bridgehead atoms. The van der Waals surface area contributed by atoms with E-state index in [0.717, 1.165) is 6.42 Å². The van der Waals surface area contributed by atoms with Crippen molar-refractivity contribution in [2.24, 2.45) is 0 Å². The molecule has 0 nitrogen and oxygen atoms in total. The maximum Gasteiger partial charge on any atom is 0 e. The van der Waals surface area contributed by atoms with Crippen molar-refractivity contribution in [1.82, 2.24) is 0 Å². The van der Waals surface area contributed by atoms with Crippen molar-refractivity contribution >= 4 is 0 Å². The third-order valence-corrected chi connectivity index (χ3v) is 0.604. The summed E-state index contributed by atoms with van der Waals surface area (Å²) in [4.78, 5) is 0. The van der Waals surface area contributed by atoms with Crippen molar-refractivity contribution < 1.29 is 17.1 Å². The molecule has 0 radical (unpaired) electrons. The first-order chi connectivity index (χ1) is 2.41. The summed E-state index contributed by atoms with van der Waals surface area (Å²) < 4.78 is 0. The second-order valence-electron chi connectivity index (χ2n) is 1.21. The molecule has 0 rings (SSSR count). The molecule has 0 fully saturated rings. The summed E-state index contributed by atoms with van der Waals surface area (Å²) in [5.74, 6) is 0. The molecule has 6 heavy (non-hydrogen) atoms. The van der Waals surface area contributed by atoms with E-state index < -0.39 is 0 Å². The summed E-state index contributed by atoms with van der Waals surface area (Å²) in [6.07, 6.45) is 3.65. The molecule has 0 aliphatic rings. The Balaban J connectivity index is 0. The van der Waals surface area contributed by atoms with E-state index in [1.807, 2.05) is 0 Å². The van der Waals surface area contributed by atoms with Gasteiger partial charge in [-0.05, 0) is 0 Å². The minimum absolute atomic E-state index is 0. The summed E-state index contributed by atoms with van der Waals surface area (Å²) in [5, 5.41) is 0. The predicted molar refractivity (Wildman–Crippen MR) is 24.9 cm³/mol. The van der Waals surface area contributed by atoms with Gasteiger partial charge in [0.05, 0.1) is 0 Å². The van der Waals surface area contributed by atoms with Crippen LogP contribution in [0.4, 0.5) is 0 Å². The number of hydrogen-bond donors (Lipinski definition) is 0. The van der Waals surface area contributed by atoms with Crippen LogP contribution in [0.25, 0.3) is 0 Å². The van der Waals surface area contributed by atoms with Gasteiger partial charge in [0.1, 0.15) is 0 Å². The second-order valence-corrected chi connectivity index (χ2v) is 1.21. The molecule has 0 aromatic carbocycles. The zero-order chi connectivity index (χ0) is 4.12. The minimum Gasteiger partial charge on any atom is -0.343 e. The Kier molecular flexibility index (Phi) is 14.8. The summed E-state index contributed by atoms with van der Waals surface area (Å²) in [6.45, 7) is 5.85. The molecule has 0 unspecified atom stereocenters. The summed E-state index contributed by atoms with van der Waals surface area (Å²) >= 11 is 0. The van der Waals surface area contributed by atoms with Crippen molar-refractivity contribution in [3.8, 4) is 0 Å². The van der Waals surface area contributed by atoms with E-state index in [4.69, 9.17) is 0 Å². The van der Waals surface area contributed by atoms with Crippen LogP contribution in [0.3, 0.4) is 0 Å². The van der Waals surface area contributed by atoms with Gasteiger partial charge in [-0.2, -0.15) is 6.42 Å². The van der Waals surface area contributed by atoms with Crippen LogP contribution in [0, 0.1) is 6.92 Å². The fraction of sp³-hybridized carbons (Fsp3) is 0.800. The third-order valence-electron chi connectivity index (χ3n) is 0.604. The van der Waals surface area contributed by atoms with Crippen molar-refractivity contribution in [3.63, 3.8) is 0 Å². The molecule has 1 heteroatoms. The van der Waals surface area contributed by atoms with Crippen LogP contribution in [-0.4, -0.2) is 0 Å². The van der Waals surface area contributed by atoms with Gasteiger partial charge in [0.2, 0.25) is 0 Å². The van der Waals surface area contributed by atoms with Gasteiger partial charge in [0.15, 0.2) is 0 Å². The van der Waals surface area contributed by atoms with Gasteiger partial charge in [-0.15, -0.1) is 0 Å². The monoisotopic (exact) mass is 127 g/mol. The molecule has 0 N–H and O–H groups in total. The van der Waals surface area contributed by atoms with Gasteiger partial charge in [0.25, 0.3) is 0 Å². The first-order valence-electron chi connectivity index (χ1n) is 2.21. The Morgan fingerprint density at radius 2 is 2.00 bits per heavy atom. The molecule has 0 aromatic rings. The fourth-order valence-electron chi connectivity index (χ4n) is 0.250. The molecule has 0 amide bonds. The molecule has 0 aliphatic carbocycles. The Hall–Kier alpha value is 0.519. The Morgan fingerprint density at radius 3 is 2.00 bits per heavy atom. The van der Waals surface area contributed by atoms with Gasteiger partial charge >= 0.3 is 0 Å². The van der Waals surface area contributed by atoms with Crippen LogP contribution >= 0.6 is 0 Å². The fourth-order valence-corrected chi connectivity index (χ4v) is 0.250. The van der Waals surface area contributed by atoms with Crippen LogP contribution in [0.2, 0.25) is 0 Å². The molecule has 40 valence electrons. The maximum absolute atomic E-state index is 3.68.